The van der Waals surface area contributed by atoms with Gasteiger partial charge < -0.3 is 20.1 Å². The molecule has 6 aromatic carbocycles. The molecule has 2 amide bonds. The number of sulfonamides is 2. The number of carbonyl (C=O) groups is 2. The first-order chi connectivity index (χ1) is 51.1. The van der Waals surface area contributed by atoms with E-state index in [9.17, 15) is 106 Å². The molecular weight excluding hydrogens is 1590 g/mol. The van der Waals surface area contributed by atoms with Gasteiger partial charge in [-0.15, -0.1) is 26.3 Å². The number of ether oxygens (including phenoxy) is 2. The highest BCUT2D eigenvalue weighted by atomic mass is 35.5. The second kappa shape index (κ2) is 29.8. The SMILES string of the molecule is Cn1nc(NS(C)(=O)=O)c2c(Cl)ccc(-n3c([C@H](Cc4cc(F)cc(F)c4)NC(=O)Cn4ccc(C(F)(F)F)n4)nc4ccc(OC(F)(F)F)cc4c3=O)c21.Cn1nc(NS(C)(=O)=O)c2c(Cl)ccc(-n3c([C@H](Cc4cc(F)cc(F)c4)NC(=O)Cn4ccc(C(F)(F)F)n4)nc4ccc(OC(F)(F)F)cc4c3=O)c21. The van der Waals surface area contributed by atoms with Crippen LogP contribution >= 0.6 is 23.2 Å². The number of hydrogen-bond donors (Lipinski definition) is 4. The number of aromatic nitrogens is 12. The van der Waals surface area contributed by atoms with E-state index < -0.39 is 175 Å². The van der Waals surface area contributed by atoms with Crippen LogP contribution < -0.4 is 40.7 Å². The van der Waals surface area contributed by atoms with Crippen LogP contribution in [-0.4, -0.2) is 112 Å². The van der Waals surface area contributed by atoms with E-state index in [-0.39, 0.29) is 77.0 Å². The van der Waals surface area contributed by atoms with E-state index in [0.29, 0.717) is 33.6 Å². The summed E-state index contributed by atoms with van der Waals surface area (Å²) >= 11 is 13.0. The van der Waals surface area contributed by atoms with E-state index in [0.717, 1.165) is 104 Å². The van der Waals surface area contributed by atoms with Crippen LogP contribution in [0.3, 0.4) is 0 Å². The smallest absolute Gasteiger partial charge is 0.406 e. The molecule has 4 N–H and O–H groups in total. The van der Waals surface area contributed by atoms with Crippen molar-refractivity contribution < 1.29 is 106 Å². The lowest BCUT2D eigenvalue weighted by molar-refractivity contribution is -0.275. The van der Waals surface area contributed by atoms with Gasteiger partial charge in [-0.25, -0.2) is 44.4 Å². The largest absolute Gasteiger partial charge is 0.573 e. The third-order valence-electron chi connectivity index (χ3n) is 15.6. The van der Waals surface area contributed by atoms with Crippen molar-refractivity contribution in [3.05, 3.63) is 210 Å². The highest BCUT2D eigenvalue weighted by Gasteiger charge is 2.38. The lowest BCUT2D eigenvalue weighted by Crippen LogP contribution is -2.37. The van der Waals surface area contributed by atoms with Gasteiger partial charge in [-0.1, -0.05) is 23.2 Å². The molecule has 0 spiro atoms. The molecule has 0 unspecified atom stereocenters. The molecule has 0 aliphatic carbocycles. The van der Waals surface area contributed by atoms with Gasteiger partial charge in [0.15, 0.2) is 23.0 Å². The predicted octanol–water partition coefficient (Wildman–Crippen LogP) is 11.6. The van der Waals surface area contributed by atoms with E-state index >= 15 is 0 Å². The van der Waals surface area contributed by atoms with Crippen LogP contribution in [0.1, 0.15) is 46.2 Å². The Kier molecular flexibility index (Phi) is 21.5. The minimum absolute atomic E-state index is 0.0380. The Morgan fingerprint density at radius 1 is 0.491 bits per heavy atom. The van der Waals surface area contributed by atoms with Crippen LogP contribution in [0, 0.1) is 23.3 Å². The highest BCUT2D eigenvalue weighted by molar-refractivity contribution is 7.92. The summed E-state index contributed by atoms with van der Waals surface area (Å²) in [5, 5.41) is 18.9. The molecule has 6 aromatic heterocycles. The highest BCUT2D eigenvalue weighted by Crippen LogP contribution is 2.39. The summed E-state index contributed by atoms with van der Waals surface area (Å²) in [6.45, 7) is -1.65. The molecule has 46 heteroatoms. The number of nitrogens with one attached hydrogen (secondary N) is 4. The Morgan fingerprint density at radius 2 is 0.836 bits per heavy atom. The summed E-state index contributed by atoms with van der Waals surface area (Å²) in [5.41, 5.74) is -5.87. The van der Waals surface area contributed by atoms with Gasteiger partial charge in [0, 0.05) is 51.5 Å². The minimum Gasteiger partial charge on any atom is -0.406 e. The van der Waals surface area contributed by atoms with Crippen LogP contribution in [0.5, 0.6) is 11.5 Å². The summed E-state index contributed by atoms with van der Waals surface area (Å²) in [5.74, 6) is -9.15. The molecule has 0 saturated carbocycles. The Balaban J connectivity index is 0.000000218. The summed E-state index contributed by atoms with van der Waals surface area (Å²) in [6, 6.07) is 13.0. The van der Waals surface area contributed by atoms with E-state index in [4.69, 9.17) is 23.2 Å². The number of amides is 2. The predicted molar refractivity (Wildman–Crippen MR) is 360 cm³/mol. The molecule has 2 atom stereocenters. The van der Waals surface area contributed by atoms with Gasteiger partial charge >= 0.3 is 25.1 Å². The number of carbonyl (C=O) groups excluding carboxylic acids is 2. The van der Waals surface area contributed by atoms with E-state index in [1.165, 1.54) is 38.4 Å². The van der Waals surface area contributed by atoms with Crippen LogP contribution in [0.2, 0.25) is 10.0 Å². The Morgan fingerprint density at radius 3 is 1.15 bits per heavy atom. The molecule has 0 aliphatic rings. The molecule has 110 heavy (non-hydrogen) atoms. The van der Waals surface area contributed by atoms with E-state index in [2.05, 4.69) is 59.9 Å². The average Bonchev–Trinajstić information content (AvgIpc) is 1.53. The Labute approximate surface area is 614 Å². The zero-order valence-electron chi connectivity index (χ0n) is 55.6. The first kappa shape index (κ1) is 79.5. The molecule has 6 heterocycles. The first-order valence-electron chi connectivity index (χ1n) is 30.7. The average molecular weight is 1640 g/mol. The Bertz CT molecular complexity index is 5640. The summed E-state index contributed by atoms with van der Waals surface area (Å²) in [6.07, 6.45) is -17.6. The quantitative estimate of drug-likeness (QED) is 0.0515. The fourth-order valence-corrected chi connectivity index (χ4v) is 13.1. The van der Waals surface area contributed by atoms with Gasteiger partial charge in [0.25, 0.3) is 11.1 Å². The summed E-state index contributed by atoms with van der Waals surface area (Å²) in [7, 11) is -5.24. The standard InChI is InChI=1S/2C32H23ClF8N8O5S/c2*1-47-27-23(6-4-20(33)26(27)28(45-47)46-55(2,52)53)49-29(43-21-5-3-18(54-32(39,40)41)13-19(21)30(49)51)22(11-15-9-16(34)12-17(35)10-15)42-25(50)14-48-8-7-24(44-48)31(36,37)38/h2*3-10,12-13,22H,11,14H2,1-2H3,(H,42,50)(H,45,46)/t2*22-/m00/s1. The van der Waals surface area contributed by atoms with Crippen molar-refractivity contribution in [3.63, 3.8) is 0 Å². The first-order valence-corrected chi connectivity index (χ1v) is 35.3. The molecule has 0 saturated heterocycles. The van der Waals surface area contributed by atoms with Crippen molar-refractivity contribution in [1.29, 1.82) is 0 Å². The molecule has 0 aliphatic heterocycles. The van der Waals surface area contributed by atoms with Gasteiger partial charge in [-0.2, -0.15) is 46.7 Å². The second-order valence-corrected chi connectivity index (χ2v) is 28.3. The van der Waals surface area contributed by atoms with Crippen LogP contribution in [0.4, 0.5) is 81.9 Å². The molecule has 580 valence electrons. The second-order valence-electron chi connectivity index (χ2n) is 23.9. The molecule has 0 radical (unpaired) electrons. The van der Waals surface area contributed by atoms with Crippen molar-refractivity contribution in [2.24, 2.45) is 14.1 Å². The number of fused-ring (bicyclic) bond motifs is 4. The molecular formula is C64H46Cl2F16N16O10S2. The number of hydrogen-bond acceptors (Lipinski definition) is 16. The fraction of sp³-hybridized carbons (Fsp3) is 0.219. The van der Waals surface area contributed by atoms with E-state index in [1.54, 1.807) is 0 Å². The maximum Gasteiger partial charge on any atom is 0.573 e. The van der Waals surface area contributed by atoms with Crippen molar-refractivity contribution in [1.82, 2.24) is 68.9 Å². The Hall–Kier alpha value is -11.5. The number of anilines is 2. The molecule has 12 rings (SSSR count). The van der Waals surface area contributed by atoms with Gasteiger partial charge in [0.1, 0.15) is 59.5 Å². The third-order valence-corrected chi connectivity index (χ3v) is 17.3. The van der Waals surface area contributed by atoms with Crippen molar-refractivity contribution in [2.75, 3.05) is 22.0 Å². The van der Waals surface area contributed by atoms with Gasteiger partial charge in [0.05, 0.1) is 89.6 Å². The normalized spacial score (nSPS) is 13.0. The van der Waals surface area contributed by atoms with Crippen molar-refractivity contribution >= 4 is 110 Å². The minimum atomic E-state index is -5.16. The van der Waals surface area contributed by atoms with Gasteiger partial charge in [-0.3, -0.25) is 56.5 Å². The zero-order valence-corrected chi connectivity index (χ0v) is 58.7. The van der Waals surface area contributed by atoms with Crippen LogP contribution in [-0.2, 0) is 82.0 Å². The topological polar surface area (TPSA) is 310 Å². The zero-order chi connectivity index (χ0) is 80.4. The maximum atomic E-state index is 14.5. The molecule has 0 fully saturated rings. The number of alkyl halides is 12. The number of nitrogens with zero attached hydrogens (tertiary/aromatic N) is 12. The van der Waals surface area contributed by atoms with Crippen LogP contribution in [0.15, 0.2) is 131 Å². The molecule has 0 bridgehead atoms. The lowest BCUT2D eigenvalue weighted by Gasteiger charge is -2.24. The number of rotatable bonds is 20. The van der Waals surface area contributed by atoms with Crippen molar-refractivity contribution in [2.45, 2.75) is 63.1 Å². The number of aryl methyl sites for hydroxylation is 2. The van der Waals surface area contributed by atoms with Crippen LogP contribution in [0.25, 0.3) is 55.0 Å². The number of benzene rings is 6. The van der Waals surface area contributed by atoms with Gasteiger partial charge in [0.2, 0.25) is 31.9 Å². The van der Waals surface area contributed by atoms with Crippen molar-refractivity contribution in [3.8, 4) is 22.9 Å². The molecule has 26 nitrogen and oxygen atoms in total. The van der Waals surface area contributed by atoms with E-state index in [1.807, 2.05) is 0 Å². The summed E-state index contributed by atoms with van der Waals surface area (Å²) in [4.78, 5) is 65.0. The third kappa shape index (κ3) is 18.4. The molecule has 12 aromatic rings. The fourth-order valence-electron chi connectivity index (χ4n) is 11.6. The summed E-state index contributed by atoms with van der Waals surface area (Å²) < 4.78 is 282. The van der Waals surface area contributed by atoms with Gasteiger partial charge in [-0.05, 0) is 108 Å². The lowest BCUT2D eigenvalue weighted by atomic mass is 10.0. The maximum absolute atomic E-state index is 14.5. The number of halogens is 18. The monoisotopic (exact) mass is 1640 g/mol.